The largest absolute Gasteiger partial charge is 0.102 e. The molecular formula is C129H159Cl6P5Ru2+4. The van der Waals surface area contributed by atoms with Crippen molar-refractivity contribution < 1.29 is 27.0 Å². The van der Waals surface area contributed by atoms with Crippen LogP contribution >= 0.6 is 102 Å². The van der Waals surface area contributed by atoms with E-state index in [0.717, 1.165) is 8.21 Å². The summed E-state index contributed by atoms with van der Waals surface area (Å²) in [4.78, 5) is 0. The summed E-state index contributed by atoms with van der Waals surface area (Å²) in [5.74, 6) is 0. The molecule has 11 aliphatic carbocycles. The molecule has 0 radical (unpaired) electrons. The molecule has 9 saturated carbocycles. The van der Waals surface area contributed by atoms with Crippen LogP contribution < -0.4 is 31.8 Å². The molecule has 0 nitrogen and oxygen atoms in total. The first-order chi connectivity index (χ1) is 70.2. The van der Waals surface area contributed by atoms with Crippen LogP contribution in [0.2, 0.25) is 0 Å². The predicted octanol–water partition coefficient (Wildman–Crippen LogP) is 38.1. The quantitative estimate of drug-likeness (QED) is 0.0484. The van der Waals surface area contributed by atoms with Crippen LogP contribution in [0.25, 0.3) is 32.7 Å². The minimum atomic E-state index is -1.94. The van der Waals surface area contributed by atoms with Gasteiger partial charge in [0.1, 0.15) is 31.8 Å². The molecule has 0 heterocycles. The van der Waals surface area contributed by atoms with Gasteiger partial charge in [0.2, 0.25) is 0 Å². The third kappa shape index (κ3) is 31.4. The van der Waals surface area contributed by atoms with Crippen LogP contribution in [0.3, 0.4) is 0 Å². The molecule has 754 valence electrons. The summed E-state index contributed by atoms with van der Waals surface area (Å²) in [6.07, 6.45) is 75.6. The van der Waals surface area contributed by atoms with Gasteiger partial charge in [-0.2, -0.15) is 0 Å². The van der Waals surface area contributed by atoms with Gasteiger partial charge in [0, 0.05) is 15.8 Å². The summed E-state index contributed by atoms with van der Waals surface area (Å²) in [6, 6.07) is 112. The first kappa shape index (κ1) is 110. The fourth-order valence-corrected chi connectivity index (χ4v) is 51.5. The Kier molecular flexibility index (Phi) is 47.0. The van der Waals surface area contributed by atoms with E-state index in [-0.39, 0.29) is 21.2 Å². The first-order valence-electron chi connectivity index (χ1n) is 55.2. The molecule has 0 atom stereocenters. The average molecular weight is 2280 g/mol. The average Bonchev–Trinajstić information content (AvgIpc) is 1.61. The Morgan fingerprint density at radius 3 is 0.613 bits per heavy atom. The summed E-state index contributed by atoms with van der Waals surface area (Å²) >= 11 is 5.64. The van der Waals surface area contributed by atoms with Crippen molar-refractivity contribution in [2.45, 2.75) is 340 Å². The fraction of sp³-hybridized carbons (Fsp3) is 0.426. The molecule has 0 unspecified atom stereocenters. The van der Waals surface area contributed by atoms with E-state index in [1.807, 2.05) is 12.1 Å². The van der Waals surface area contributed by atoms with Crippen molar-refractivity contribution in [3.8, 4) is 0 Å². The molecule has 0 aliphatic heterocycles. The van der Waals surface area contributed by atoms with Crippen molar-refractivity contribution in [3.63, 3.8) is 0 Å². The molecule has 13 heteroatoms. The van der Waals surface area contributed by atoms with E-state index in [0.29, 0.717) is 7.92 Å². The van der Waals surface area contributed by atoms with Gasteiger partial charge < -0.3 is 0 Å². The second-order valence-corrected chi connectivity index (χ2v) is 69.1. The maximum Gasteiger partial charge on any atom is 0.102 e. The second-order valence-electron chi connectivity index (χ2n) is 41.7. The molecule has 11 aliphatic rings. The van der Waals surface area contributed by atoms with Crippen molar-refractivity contribution >= 4 is 174 Å². The smallest absolute Gasteiger partial charge is 0.0620 e. The van der Waals surface area contributed by atoms with Crippen molar-refractivity contribution in [2.24, 2.45) is 0 Å². The van der Waals surface area contributed by atoms with Crippen molar-refractivity contribution in [1.82, 2.24) is 0 Å². The molecule has 0 aromatic heterocycles. The van der Waals surface area contributed by atoms with Gasteiger partial charge in [-0.3, -0.25) is 0 Å². The van der Waals surface area contributed by atoms with Gasteiger partial charge in [-0.15, -0.1) is 23.2 Å². The van der Waals surface area contributed by atoms with Crippen LogP contribution in [0.5, 0.6) is 0 Å². The molecule has 0 spiro atoms. The second kappa shape index (κ2) is 60.5. The van der Waals surface area contributed by atoms with E-state index in [4.69, 9.17) is 62.0 Å². The van der Waals surface area contributed by atoms with Crippen molar-refractivity contribution in [3.05, 3.63) is 361 Å². The molecule has 142 heavy (non-hydrogen) atoms. The van der Waals surface area contributed by atoms with Crippen LogP contribution in [-0.2, 0) is 27.0 Å². The number of alkyl halides is 2. The van der Waals surface area contributed by atoms with Crippen LogP contribution in [0, 0.1) is 0 Å². The minimum absolute atomic E-state index is 0.0465. The maximum atomic E-state index is 6.31. The molecule has 23 rings (SSSR count). The Hall–Kier alpha value is -4.48. The Morgan fingerprint density at radius 2 is 0.387 bits per heavy atom. The van der Waals surface area contributed by atoms with Gasteiger partial charge in [0.25, 0.3) is 0 Å². The third-order valence-electron chi connectivity index (χ3n) is 32.7. The summed E-state index contributed by atoms with van der Waals surface area (Å²) in [7, 11) is 23.8. The van der Waals surface area contributed by atoms with Crippen LogP contribution in [0.4, 0.5) is 0 Å². The van der Waals surface area contributed by atoms with E-state index in [1.165, 1.54) is 168 Å². The number of fused-ring (bicyclic) bond motifs is 4. The zero-order chi connectivity index (χ0) is 97.5. The Balaban J connectivity index is 0.000000119. The fourth-order valence-electron chi connectivity index (χ4n) is 26.3. The van der Waals surface area contributed by atoms with E-state index in [1.54, 1.807) is 270 Å². The standard InChI is InChI=1S/2C19H12.3C18H33P.2C18H15P.CH2Cl2.4ClH.2Ru/c2*1-3-9-16-14(6-1)8-5-11-18(16)19-13-12-15-7-2-4-10-17(15)19;5*1-4-10-16(11-5-1)19(17-12-6-2-7-13-17)18-14-8-3-9-15-18;2-1-3;;;;;;/h2*1-11,13H;3*16-18H,1-15H2;2*1-15H;1H2;4*1H;;/q;;;;;;;;;;;;2*+2. The number of halogens is 6. The van der Waals surface area contributed by atoms with E-state index in [2.05, 4.69) is 315 Å². The van der Waals surface area contributed by atoms with Crippen LogP contribution in [-0.4, -0.2) is 64.5 Å². The van der Waals surface area contributed by atoms with Crippen molar-refractivity contribution in [1.29, 1.82) is 0 Å². The summed E-state index contributed by atoms with van der Waals surface area (Å²) in [5, 5.41) is 13.8. The SMILES string of the molecule is C1CCC(P(C2CCCCC2)C2CCCCC2)CC1.C1CCC([PH+](C2CCCCC2)C2CCCCC2)CC1.C1CCC([PH+](C2CCCCC2)C2CCCCC2)CC1.ClCCl.[Cl][Ru]([Cl])=[C]1C=C(c2cccc3ccccc23)c2ccccc21.[Cl][Ru]([Cl])=[C]1C=C(c2cccc3ccccc23)c2ccccc21.c1ccc([PH+](c2ccccc2)c2ccccc2)cc1.c1ccc([PH+](c2ccccc2)c2ccccc2)cc1. The third-order valence-corrected chi connectivity index (χ3v) is 57.7. The predicted molar refractivity (Wildman–Crippen MR) is 642 cm³/mol. The van der Waals surface area contributed by atoms with Crippen molar-refractivity contribution in [2.75, 3.05) is 5.34 Å². The van der Waals surface area contributed by atoms with Gasteiger partial charge in [0.05, 0.1) is 55.1 Å². The number of rotatable bonds is 17. The van der Waals surface area contributed by atoms with E-state index >= 15 is 0 Å². The van der Waals surface area contributed by atoms with Crippen LogP contribution in [0.15, 0.2) is 328 Å². The summed E-state index contributed by atoms with van der Waals surface area (Å²) in [5.41, 5.74) is 20.7. The number of allylic oxidation sites excluding steroid dienone is 2. The molecule has 9 fully saturated rings. The number of hydrogen-bond donors (Lipinski definition) is 0. The maximum absolute atomic E-state index is 6.31. The monoisotopic (exact) mass is 2280 g/mol. The molecule has 0 amide bonds. The Labute approximate surface area is 898 Å². The first-order valence-corrected chi connectivity index (χ1v) is 75.0. The van der Waals surface area contributed by atoms with Gasteiger partial charge >= 0.3 is 286 Å². The normalized spacial score (nSPS) is 18.9. The van der Waals surface area contributed by atoms with Gasteiger partial charge in [0.15, 0.2) is 0 Å². The van der Waals surface area contributed by atoms with E-state index in [9.17, 15) is 0 Å². The summed E-state index contributed by atoms with van der Waals surface area (Å²) in [6.45, 7) is 0. The Morgan fingerprint density at radius 1 is 0.204 bits per heavy atom. The van der Waals surface area contributed by atoms with Gasteiger partial charge in [-0.1, -0.05) is 213 Å². The number of hydrogen-bond acceptors (Lipinski definition) is 0. The minimum Gasteiger partial charge on any atom is -0.0620 e. The van der Waals surface area contributed by atoms with Gasteiger partial charge in [-0.05, 0) is 282 Å². The molecular weight excluding hydrogens is 2120 g/mol. The van der Waals surface area contributed by atoms with Gasteiger partial charge in [-0.25, -0.2) is 0 Å². The number of benzene rings is 12. The van der Waals surface area contributed by atoms with Crippen LogP contribution in [0.1, 0.15) is 322 Å². The zero-order valence-electron chi connectivity index (χ0n) is 84.3. The van der Waals surface area contributed by atoms with E-state index < -0.39 is 42.9 Å². The summed E-state index contributed by atoms with van der Waals surface area (Å²) < 4.78 is 2.23. The molecule has 0 bridgehead atoms. The Bertz CT molecular complexity index is 5090. The molecule has 0 N–H and O–H groups in total. The zero-order valence-corrected chi connectivity index (χ0v) is 97.2. The topological polar surface area (TPSA) is 0 Å². The molecule has 12 aromatic rings. The molecule has 0 saturated heterocycles. The molecule has 12 aromatic carbocycles.